The number of ketones is 1. The number of nitrogens with two attached hydrogens (primary N) is 1. The van der Waals surface area contributed by atoms with Crippen LogP contribution in [0.15, 0.2) is 97.7 Å². The zero-order chi connectivity index (χ0) is 72.1. The summed E-state index contributed by atoms with van der Waals surface area (Å²) in [5.74, 6) is 0.394. The van der Waals surface area contributed by atoms with Gasteiger partial charge >= 0.3 is 13.1 Å². The van der Waals surface area contributed by atoms with Gasteiger partial charge in [-0.15, -0.1) is 20.4 Å². The molecule has 1 saturated carbocycles. The highest BCUT2D eigenvalue weighted by molar-refractivity contribution is 6.60. The number of carbonyl (C=O) groups excluding carboxylic acids is 3. The van der Waals surface area contributed by atoms with E-state index < -0.39 is 13.1 Å². The molecule has 2 aromatic carbocycles. The fourth-order valence-electron chi connectivity index (χ4n) is 8.27. The fraction of sp³-hybridized carbons (Fsp3) is 0.297. The van der Waals surface area contributed by atoms with Gasteiger partial charge in [0.25, 0.3) is 5.91 Å². The summed E-state index contributed by atoms with van der Waals surface area (Å²) in [5.41, 5.74) is 11.6. The first-order valence-corrected chi connectivity index (χ1v) is 31.7. The van der Waals surface area contributed by atoms with E-state index in [0.717, 1.165) is 81.4 Å². The molecule has 0 aliphatic heterocycles. The van der Waals surface area contributed by atoms with Crippen LogP contribution in [0.25, 0.3) is 50.3 Å². The maximum atomic E-state index is 11.5. The number of carboxylic acids is 1. The van der Waals surface area contributed by atoms with E-state index in [4.69, 9.17) is 123 Å². The first kappa shape index (κ1) is 89.3. The number of ether oxygens (including phenoxy) is 2. The number of aromatic nitrogens is 17. The number of methoxy groups -OCH3 is 2. The second-order valence-electron chi connectivity index (χ2n) is 19.9. The average Bonchev–Trinajstić information content (AvgIpc) is 1.62. The van der Waals surface area contributed by atoms with Crippen molar-refractivity contribution in [1.29, 1.82) is 0 Å². The van der Waals surface area contributed by atoms with Gasteiger partial charge in [-0.3, -0.25) is 24.3 Å². The number of H-pyrrole nitrogens is 1. The Hall–Kier alpha value is -8.79. The van der Waals surface area contributed by atoms with Gasteiger partial charge in [-0.05, 0) is 72.5 Å². The van der Waals surface area contributed by atoms with Crippen molar-refractivity contribution in [1.82, 2.24) is 90.4 Å². The third-order valence-corrected chi connectivity index (χ3v) is 15.3. The van der Waals surface area contributed by atoms with E-state index in [2.05, 4.69) is 79.8 Å². The van der Waals surface area contributed by atoms with Gasteiger partial charge in [0.05, 0.1) is 95.0 Å². The molecule has 1 aliphatic rings. The minimum Gasteiger partial charge on any atom is -0.496 e. The van der Waals surface area contributed by atoms with Crippen LogP contribution in [-0.4, -0.2) is 165 Å². The first-order chi connectivity index (χ1) is 46.7. The second kappa shape index (κ2) is 42.6. The number of hydrogen-bond donors (Lipinski definition) is 5. The van der Waals surface area contributed by atoms with E-state index in [1.54, 1.807) is 70.9 Å². The summed E-state index contributed by atoms with van der Waals surface area (Å²) in [4.78, 5) is 69.8. The number of aromatic amines is 1. The van der Waals surface area contributed by atoms with E-state index in [0.29, 0.717) is 61.2 Å². The fourth-order valence-corrected chi connectivity index (χ4v) is 9.94. The number of benzene rings is 2. The number of Topliss-reactive ketones (excluding diaryl/α,β-unsaturated/α-hetero) is 1. The Balaban J connectivity index is 0.000000417. The lowest BCUT2D eigenvalue weighted by Gasteiger charge is -2.13. The molecular formula is C64H76BCl8N19O10. The number of rotatable bonds is 14. The molecule has 0 unspecified atom stereocenters. The predicted octanol–water partition coefficient (Wildman–Crippen LogP) is 13.1. The van der Waals surface area contributed by atoms with Crippen LogP contribution in [-0.2, 0) is 36.6 Å². The zero-order valence-corrected chi connectivity index (χ0v) is 59.4. The molecule has 9 aromatic heterocycles. The largest absolute Gasteiger partial charge is 0.496 e. The Morgan fingerprint density at radius 2 is 1.10 bits per heavy atom. The van der Waals surface area contributed by atoms with Crippen molar-refractivity contribution in [3.8, 4) is 40.0 Å². The van der Waals surface area contributed by atoms with Crippen LogP contribution in [0.5, 0.6) is 11.5 Å². The third kappa shape index (κ3) is 24.5. The van der Waals surface area contributed by atoms with Gasteiger partial charge in [-0.25, -0.2) is 39.5 Å². The van der Waals surface area contributed by atoms with E-state index in [-0.39, 0.29) is 90.2 Å². The molecule has 11 aromatic rings. The monoisotopic (exact) mass is 1560 g/mol. The molecule has 102 heavy (non-hydrogen) atoms. The van der Waals surface area contributed by atoms with E-state index in [9.17, 15) is 29.2 Å². The quantitative estimate of drug-likeness (QED) is 0.0292. The number of hydroxylamine groups is 2. The molecule has 0 saturated heterocycles. The van der Waals surface area contributed by atoms with E-state index >= 15 is 0 Å². The maximum Gasteiger partial charge on any atom is 0.492 e. The molecule has 12 rings (SSSR count). The lowest BCUT2D eigenvalue weighted by molar-refractivity contribution is -0.119. The number of carbonyl (C=O) groups is 4. The number of para-hydroxylation sites is 2. The Kier molecular flexibility index (Phi) is 37.3. The van der Waals surface area contributed by atoms with Gasteiger partial charge < -0.3 is 30.4 Å². The van der Waals surface area contributed by atoms with Crippen molar-refractivity contribution in [2.45, 2.75) is 82.6 Å². The number of carboxylic acid groups (broad SMARTS) is 1. The van der Waals surface area contributed by atoms with Crippen LogP contribution >= 0.6 is 92.8 Å². The first-order valence-electron chi connectivity index (χ1n) is 28.7. The molecule has 1 aliphatic carbocycles. The summed E-state index contributed by atoms with van der Waals surface area (Å²) in [6.07, 6.45) is 11.5. The van der Waals surface area contributed by atoms with Crippen LogP contribution in [0.2, 0.25) is 40.8 Å². The number of primary amides is 1. The van der Waals surface area contributed by atoms with Crippen LogP contribution in [0.4, 0.5) is 0 Å². The molecule has 1 fully saturated rings. The van der Waals surface area contributed by atoms with Crippen molar-refractivity contribution in [2.75, 3.05) is 28.4 Å². The number of amides is 2. The van der Waals surface area contributed by atoms with Crippen LogP contribution in [0.3, 0.4) is 0 Å². The average molecular weight is 1570 g/mol. The van der Waals surface area contributed by atoms with Gasteiger partial charge in [0, 0.05) is 84.4 Å². The third-order valence-electron chi connectivity index (χ3n) is 13.3. The number of nitrogens with zero attached hydrogens (tertiary/aromatic N) is 17. The number of halogens is 8. The van der Waals surface area contributed by atoms with Crippen molar-refractivity contribution < 1.29 is 48.6 Å². The lowest BCUT2D eigenvalue weighted by atomic mass is 9.78. The maximum absolute atomic E-state index is 11.5. The number of aromatic carboxylic acids is 1. The van der Waals surface area contributed by atoms with Crippen LogP contribution < -0.4 is 20.7 Å². The molecule has 0 radical (unpaired) electrons. The van der Waals surface area contributed by atoms with Crippen molar-refractivity contribution >= 4 is 151 Å². The molecule has 546 valence electrons. The van der Waals surface area contributed by atoms with Crippen molar-refractivity contribution in [3.63, 3.8) is 0 Å². The Morgan fingerprint density at radius 1 is 0.627 bits per heavy atom. The Bertz CT molecular complexity index is 4580. The molecule has 0 bridgehead atoms. The van der Waals surface area contributed by atoms with Gasteiger partial charge in [0.15, 0.2) is 11.5 Å². The van der Waals surface area contributed by atoms with Gasteiger partial charge in [-0.1, -0.05) is 161 Å². The molecule has 38 heteroatoms. The van der Waals surface area contributed by atoms with Gasteiger partial charge in [-0.2, -0.15) is 19.8 Å². The van der Waals surface area contributed by atoms with Crippen LogP contribution in [0.1, 0.15) is 112 Å². The molecule has 2 amide bonds. The lowest BCUT2D eigenvalue weighted by Crippen LogP contribution is -2.31. The van der Waals surface area contributed by atoms with E-state index in [1.807, 2.05) is 22.9 Å². The number of tetrazole rings is 2. The molecule has 0 atom stereocenters. The Morgan fingerprint density at radius 3 is 1.52 bits per heavy atom. The predicted molar refractivity (Wildman–Crippen MR) is 399 cm³/mol. The number of pyridine rings is 5. The standard InChI is InChI=1S/C17H16ClN7O.C9H11BN4O3.C8H8Cl2N2O2.C8H7Cl2NO.C8H8ClN3.C6H3Cl2NO2.C4H7NO.4CH4/c1-4-12-11-9-19-15(18)8-14(11)25(21-12)13-7-5-6-10(16(13)26-3)17-20-23-24(2)22-17;1-14-12-9(11-13-14)6-4-3-5-7(10(15)16)8(6)17-2;1-12(14-2)8(13)5-4-11-7(10)3-6(5)9;1-2-7(12)5-4-11-8(10)3-6(5)9;1-2-6-5-4-10-8(9)3-7(5)12-11-6;7-4-1-5(8)9-2-3(4)6(10)11;5-4(6)3-1-2-3;;;;/h5-9H,4H2,1-3H3;3-5,15-16H,1-2H3;3-4H,1-2H3;3-4H,2H2,1H3;3-4H,2H2,1H3,(H,11,12);1-2H,(H,10,11);3H,1-2H2,(H2,5,6);4*1H4. The zero-order valence-electron chi connectivity index (χ0n) is 53.3. The van der Waals surface area contributed by atoms with Crippen molar-refractivity contribution in [2.24, 2.45) is 25.7 Å². The summed E-state index contributed by atoms with van der Waals surface area (Å²) in [6, 6.07) is 18.4. The molecule has 9 heterocycles. The molecule has 29 nitrogen and oxygen atoms in total. The molecular weight excluding hydrogens is 1490 g/mol. The summed E-state index contributed by atoms with van der Waals surface area (Å²) >= 11 is 45.5. The number of nitrogens with one attached hydrogen (secondary N) is 1. The normalized spacial score (nSPS) is 10.7. The number of hydrogen-bond acceptors (Lipinski definition) is 22. The summed E-state index contributed by atoms with van der Waals surface area (Å²) in [7, 11) is 7.68. The SMILES string of the molecule is C.C.C.C.CCC(=O)c1cnc(Cl)cc1Cl.CCc1[nH]nc2cc(Cl)ncc12.CCc1nn(-c2cccc(-c3nnn(C)n3)c2OC)c2cc(Cl)ncc12.CON(C)C(=O)c1cnc(Cl)cc1Cl.COc1c(B(O)O)cccc1-c1nnn(C)n1.NC(=O)C1CC1.O=C(O)c1cnc(Cl)cc1Cl. The molecule has 6 N–H and O–H groups in total. The second-order valence-corrected chi connectivity index (χ2v) is 23.0. The van der Waals surface area contributed by atoms with Gasteiger partial charge in [0.2, 0.25) is 17.6 Å². The van der Waals surface area contributed by atoms with E-state index in [1.165, 1.54) is 61.5 Å². The number of fused-ring (bicyclic) bond motifs is 2. The molecule has 0 spiro atoms. The Labute approximate surface area is 629 Å². The summed E-state index contributed by atoms with van der Waals surface area (Å²) in [6.45, 7) is 5.90. The van der Waals surface area contributed by atoms with Crippen molar-refractivity contribution in [3.05, 3.63) is 167 Å². The minimum atomic E-state index is -1.61. The highest BCUT2D eigenvalue weighted by Crippen LogP contribution is 2.36. The number of aryl methyl sites for hydroxylation is 4. The van der Waals surface area contributed by atoms with Gasteiger partial charge in [0.1, 0.15) is 37.2 Å². The smallest absolute Gasteiger partial charge is 0.492 e. The summed E-state index contributed by atoms with van der Waals surface area (Å²) in [5, 5.41) is 68.0. The topological polar surface area (TPSA) is 384 Å². The highest BCUT2D eigenvalue weighted by atomic mass is 35.5. The highest BCUT2D eigenvalue weighted by Gasteiger charge is 2.27. The summed E-state index contributed by atoms with van der Waals surface area (Å²) < 4.78 is 12.7. The van der Waals surface area contributed by atoms with Crippen LogP contribution in [0, 0.1) is 5.92 Å². The minimum absolute atomic E-state index is 0.